The van der Waals surface area contributed by atoms with E-state index in [1.54, 1.807) is 7.11 Å². The van der Waals surface area contributed by atoms with Crippen molar-refractivity contribution in [3.63, 3.8) is 0 Å². The maximum absolute atomic E-state index is 9.74. The second-order valence-electron chi connectivity index (χ2n) is 5.15. The summed E-state index contributed by atoms with van der Waals surface area (Å²) >= 11 is 0. The van der Waals surface area contributed by atoms with E-state index in [4.69, 9.17) is 4.74 Å². The number of benzene rings is 2. The first-order chi connectivity index (χ1) is 8.80. The van der Waals surface area contributed by atoms with Crippen LogP contribution in [0.15, 0.2) is 36.4 Å². The molecule has 2 heteroatoms. The third kappa shape index (κ3) is 1.52. The van der Waals surface area contributed by atoms with Gasteiger partial charge in [0.1, 0.15) is 5.75 Å². The van der Waals surface area contributed by atoms with Gasteiger partial charge in [0.15, 0.2) is 0 Å². The summed E-state index contributed by atoms with van der Waals surface area (Å²) in [5.74, 6) is 0.904. The quantitative estimate of drug-likeness (QED) is 0.895. The summed E-state index contributed by atoms with van der Waals surface area (Å²) in [6, 6.07) is 12.4. The second-order valence-corrected chi connectivity index (χ2v) is 5.15. The monoisotopic (exact) mass is 242 g/mol. The van der Waals surface area contributed by atoms with Crippen molar-refractivity contribution in [2.75, 3.05) is 13.7 Å². The molecule has 0 heterocycles. The van der Waals surface area contributed by atoms with Gasteiger partial charge >= 0.3 is 0 Å². The Morgan fingerprint density at radius 2 is 1.83 bits per heavy atom. The van der Waals surface area contributed by atoms with Crippen LogP contribution in [0.1, 0.15) is 24.8 Å². The molecule has 0 bridgehead atoms. The maximum Gasteiger partial charge on any atom is 0.126 e. The van der Waals surface area contributed by atoms with Gasteiger partial charge in [0.05, 0.1) is 13.7 Å². The Balaban J connectivity index is 2.25. The zero-order valence-electron chi connectivity index (χ0n) is 10.6. The molecule has 0 spiro atoms. The van der Waals surface area contributed by atoms with Crippen LogP contribution in [0.2, 0.25) is 0 Å². The number of hydrogen-bond acceptors (Lipinski definition) is 2. The molecule has 2 aromatic rings. The van der Waals surface area contributed by atoms with Gasteiger partial charge in [-0.3, -0.25) is 0 Å². The second kappa shape index (κ2) is 4.29. The first kappa shape index (κ1) is 11.5. The summed E-state index contributed by atoms with van der Waals surface area (Å²) < 4.78 is 5.42. The molecule has 1 N–H and O–H groups in total. The highest BCUT2D eigenvalue weighted by Gasteiger charge is 2.39. The van der Waals surface area contributed by atoms with E-state index in [1.807, 2.05) is 12.1 Å². The lowest BCUT2D eigenvalue weighted by Gasteiger charge is -2.41. The molecule has 3 rings (SSSR count). The molecule has 94 valence electrons. The molecule has 0 amide bonds. The van der Waals surface area contributed by atoms with Gasteiger partial charge in [0, 0.05) is 10.8 Å². The third-order valence-corrected chi connectivity index (χ3v) is 4.29. The minimum Gasteiger partial charge on any atom is -0.496 e. The largest absolute Gasteiger partial charge is 0.496 e. The number of methoxy groups -OCH3 is 1. The number of ether oxygens (including phenoxy) is 1. The molecule has 0 radical (unpaired) electrons. The summed E-state index contributed by atoms with van der Waals surface area (Å²) in [5, 5.41) is 12.1. The predicted molar refractivity (Wildman–Crippen MR) is 73.1 cm³/mol. The van der Waals surface area contributed by atoms with E-state index >= 15 is 0 Å². The molecular formula is C16H18O2. The van der Waals surface area contributed by atoms with Gasteiger partial charge in [-0.1, -0.05) is 36.8 Å². The molecule has 0 saturated heterocycles. The molecule has 0 aromatic heterocycles. The number of hydrogen-bond donors (Lipinski definition) is 1. The zero-order chi connectivity index (χ0) is 12.6. The average Bonchev–Trinajstić information content (AvgIpc) is 2.38. The molecule has 1 fully saturated rings. The summed E-state index contributed by atoms with van der Waals surface area (Å²) in [4.78, 5) is 0. The number of rotatable bonds is 3. The van der Waals surface area contributed by atoms with Gasteiger partial charge in [-0.15, -0.1) is 0 Å². The van der Waals surface area contributed by atoms with Crippen molar-refractivity contribution in [2.45, 2.75) is 24.7 Å². The van der Waals surface area contributed by atoms with E-state index in [0.717, 1.165) is 24.0 Å². The smallest absolute Gasteiger partial charge is 0.126 e. The fourth-order valence-corrected chi connectivity index (χ4v) is 3.03. The summed E-state index contributed by atoms with van der Waals surface area (Å²) in [6.07, 6.45) is 3.38. The van der Waals surface area contributed by atoms with E-state index in [-0.39, 0.29) is 12.0 Å². The highest BCUT2D eigenvalue weighted by molar-refractivity contribution is 5.92. The minimum atomic E-state index is -0.0219. The van der Waals surface area contributed by atoms with Crippen molar-refractivity contribution in [3.05, 3.63) is 42.0 Å². The van der Waals surface area contributed by atoms with Crippen molar-refractivity contribution in [1.82, 2.24) is 0 Å². The van der Waals surface area contributed by atoms with Crippen molar-refractivity contribution in [3.8, 4) is 5.75 Å². The van der Waals surface area contributed by atoms with Gasteiger partial charge in [0.2, 0.25) is 0 Å². The molecule has 1 aliphatic rings. The van der Waals surface area contributed by atoms with Crippen LogP contribution in [0.4, 0.5) is 0 Å². The van der Waals surface area contributed by atoms with E-state index < -0.39 is 0 Å². The molecule has 2 nitrogen and oxygen atoms in total. The van der Waals surface area contributed by atoms with Crippen molar-refractivity contribution in [2.24, 2.45) is 0 Å². The average molecular weight is 242 g/mol. The first-order valence-electron chi connectivity index (χ1n) is 6.48. The van der Waals surface area contributed by atoms with E-state index in [0.29, 0.717) is 0 Å². The van der Waals surface area contributed by atoms with Crippen LogP contribution in [0.3, 0.4) is 0 Å². The molecule has 0 unspecified atom stereocenters. The van der Waals surface area contributed by atoms with Gasteiger partial charge in [-0.25, -0.2) is 0 Å². The summed E-state index contributed by atoms with van der Waals surface area (Å²) in [6.45, 7) is 0.239. The highest BCUT2D eigenvalue weighted by Crippen LogP contribution is 2.46. The molecule has 18 heavy (non-hydrogen) atoms. The van der Waals surface area contributed by atoms with Gasteiger partial charge in [0.25, 0.3) is 0 Å². The fraction of sp³-hybridized carbons (Fsp3) is 0.375. The predicted octanol–water partition coefficient (Wildman–Crippen LogP) is 3.26. The molecule has 1 saturated carbocycles. The van der Waals surface area contributed by atoms with Crippen molar-refractivity contribution in [1.29, 1.82) is 0 Å². The van der Waals surface area contributed by atoms with E-state index in [1.165, 1.54) is 17.4 Å². The van der Waals surface area contributed by atoms with Gasteiger partial charge in [-0.2, -0.15) is 0 Å². The van der Waals surface area contributed by atoms with Gasteiger partial charge in [-0.05, 0) is 29.9 Å². The minimum absolute atomic E-state index is 0.0219. The Hall–Kier alpha value is -1.54. The Kier molecular flexibility index (Phi) is 2.75. The molecule has 1 aliphatic carbocycles. The summed E-state index contributed by atoms with van der Waals surface area (Å²) in [7, 11) is 1.70. The zero-order valence-corrected chi connectivity index (χ0v) is 10.6. The van der Waals surface area contributed by atoms with Crippen LogP contribution in [-0.2, 0) is 5.41 Å². The Morgan fingerprint density at radius 3 is 2.39 bits per heavy atom. The van der Waals surface area contributed by atoms with Crippen molar-refractivity contribution >= 4 is 10.8 Å². The molecule has 0 atom stereocenters. The van der Waals surface area contributed by atoms with E-state index in [2.05, 4.69) is 24.3 Å². The van der Waals surface area contributed by atoms with Gasteiger partial charge < -0.3 is 9.84 Å². The summed E-state index contributed by atoms with van der Waals surface area (Å²) in [5.41, 5.74) is 1.25. The number of aliphatic hydroxyl groups is 1. The lowest BCUT2D eigenvalue weighted by atomic mass is 9.64. The van der Waals surface area contributed by atoms with Crippen LogP contribution < -0.4 is 4.74 Å². The van der Waals surface area contributed by atoms with Crippen molar-refractivity contribution < 1.29 is 9.84 Å². The third-order valence-electron chi connectivity index (χ3n) is 4.29. The topological polar surface area (TPSA) is 29.5 Å². The van der Waals surface area contributed by atoms with Crippen LogP contribution in [0, 0.1) is 0 Å². The van der Waals surface area contributed by atoms with E-state index in [9.17, 15) is 5.11 Å². The van der Waals surface area contributed by atoms with Crippen LogP contribution >= 0.6 is 0 Å². The molecule has 0 aliphatic heterocycles. The molecule has 2 aromatic carbocycles. The first-order valence-corrected chi connectivity index (χ1v) is 6.48. The standard InChI is InChI=1S/C16H18O2/c1-18-15-8-7-14(16(11-17)9-4-10-16)12-5-2-3-6-13(12)15/h2-3,5-8,17H,4,9-11H2,1H3. The normalized spacial score (nSPS) is 17.4. The highest BCUT2D eigenvalue weighted by atomic mass is 16.5. The number of aliphatic hydroxyl groups excluding tert-OH is 1. The lowest BCUT2D eigenvalue weighted by Crippen LogP contribution is -2.38. The Morgan fingerprint density at radius 1 is 1.11 bits per heavy atom. The number of fused-ring (bicyclic) bond motifs is 1. The van der Waals surface area contributed by atoms with Crippen LogP contribution in [-0.4, -0.2) is 18.8 Å². The SMILES string of the molecule is COc1ccc(C2(CO)CCC2)c2ccccc12. The Labute approximate surface area is 107 Å². The Bertz CT molecular complexity index is 565. The van der Waals surface area contributed by atoms with Crippen LogP contribution in [0.25, 0.3) is 10.8 Å². The molecular weight excluding hydrogens is 224 g/mol. The maximum atomic E-state index is 9.74. The lowest BCUT2D eigenvalue weighted by molar-refractivity contribution is 0.121. The van der Waals surface area contributed by atoms with Crippen LogP contribution in [0.5, 0.6) is 5.75 Å². The fourth-order valence-electron chi connectivity index (χ4n) is 3.03.